The van der Waals surface area contributed by atoms with Gasteiger partial charge in [-0.25, -0.2) is 8.42 Å². The zero-order valence-electron chi connectivity index (χ0n) is 15.2. The third-order valence-electron chi connectivity index (χ3n) is 4.90. The number of ketones is 1. The van der Waals surface area contributed by atoms with E-state index in [2.05, 4.69) is 12.1 Å². The topological polar surface area (TPSA) is 51.2 Å². The molecule has 0 spiro atoms. The summed E-state index contributed by atoms with van der Waals surface area (Å²) in [4.78, 5) is 11.6. The van der Waals surface area contributed by atoms with Crippen molar-refractivity contribution in [1.29, 1.82) is 0 Å². The average molecular weight is 351 g/mol. The predicted octanol–water partition coefficient (Wildman–Crippen LogP) is 4.52. The van der Waals surface area contributed by atoms with Gasteiger partial charge < -0.3 is 0 Å². The van der Waals surface area contributed by atoms with E-state index in [9.17, 15) is 13.2 Å². The first-order chi connectivity index (χ1) is 11.2. The molecule has 1 aromatic carbocycles. The molecule has 0 aliphatic heterocycles. The van der Waals surface area contributed by atoms with Gasteiger partial charge in [-0.3, -0.25) is 4.79 Å². The first-order valence-electron chi connectivity index (χ1n) is 9.08. The van der Waals surface area contributed by atoms with E-state index in [4.69, 9.17) is 0 Å². The molecule has 0 saturated heterocycles. The summed E-state index contributed by atoms with van der Waals surface area (Å²) >= 11 is 0. The van der Waals surface area contributed by atoms with Crippen molar-refractivity contribution >= 4 is 15.6 Å². The van der Waals surface area contributed by atoms with Crippen LogP contribution in [0.2, 0.25) is 0 Å². The molecule has 1 aromatic rings. The highest BCUT2D eigenvalue weighted by Gasteiger charge is 2.27. The van der Waals surface area contributed by atoms with Crippen molar-refractivity contribution in [2.45, 2.75) is 76.9 Å². The summed E-state index contributed by atoms with van der Waals surface area (Å²) in [5, 5.41) is 0. The maximum atomic E-state index is 12.0. The van der Waals surface area contributed by atoms with Crippen molar-refractivity contribution in [3.05, 3.63) is 34.9 Å². The standard InChI is InChI=1S/C20H30O3S/c1-20(2,3)24(22,23)14-8-6-4-5-7-9-16-10-12-18-17(15-16)11-13-19(18)21/h10,12,15H,4-9,11,13-14H2,1-3H3. The van der Waals surface area contributed by atoms with Gasteiger partial charge in [-0.2, -0.15) is 0 Å². The normalized spacial score (nSPS) is 14.9. The van der Waals surface area contributed by atoms with Crippen LogP contribution in [-0.2, 0) is 22.7 Å². The lowest BCUT2D eigenvalue weighted by Gasteiger charge is -2.18. The fraction of sp³-hybridized carbons (Fsp3) is 0.650. The summed E-state index contributed by atoms with van der Waals surface area (Å²) in [6.07, 6.45) is 7.68. The summed E-state index contributed by atoms with van der Waals surface area (Å²) in [7, 11) is -2.97. The molecule has 1 aliphatic carbocycles. The highest BCUT2D eigenvalue weighted by Crippen LogP contribution is 2.24. The lowest BCUT2D eigenvalue weighted by Crippen LogP contribution is -2.30. The summed E-state index contributed by atoms with van der Waals surface area (Å²) in [5.74, 6) is 0.580. The van der Waals surface area contributed by atoms with Gasteiger partial charge in [-0.05, 0) is 57.6 Å². The van der Waals surface area contributed by atoms with E-state index in [-0.39, 0.29) is 5.78 Å². The molecule has 24 heavy (non-hydrogen) atoms. The molecule has 0 atom stereocenters. The van der Waals surface area contributed by atoms with E-state index in [1.807, 2.05) is 6.07 Å². The number of benzene rings is 1. The Balaban J connectivity index is 1.63. The molecule has 0 N–H and O–H groups in total. The van der Waals surface area contributed by atoms with Crippen LogP contribution in [0.15, 0.2) is 18.2 Å². The molecule has 0 aromatic heterocycles. The second-order valence-electron chi connectivity index (χ2n) is 7.86. The molecule has 134 valence electrons. The molecule has 0 radical (unpaired) electrons. The molecule has 2 rings (SSSR count). The first kappa shape index (κ1) is 19.2. The number of hydrogen-bond acceptors (Lipinski definition) is 3. The molecular weight excluding hydrogens is 320 g/mol. The van der Waals surface area contributed by atoms with Crippen LogP contribution < -0.4 is 0 Å². The Hall–Kier alpha value is -1.16. The van der Waals surface area contributed by atoms with E-state index in [0.29, 0.717) is 12.2 Å². The molecule has 3 nitrogen and oxygen atoms in total. The van der Waals surface area contributed by atoms with Crippen LogP contribution in [0, 0.1) is 0 Å². The van der Waals surface area contributed by atoms with Gasteiger partial charge in [0.15, 0.2) is 15.6 Å². The Morgan fingerprint density at radius 3 is 2.33 bits per heavy atom. The van der Waals surface area contributed by atoms with Crippen molar-refractivity contribution in [3.63, 3.8) is 0 Å². The fourth-order valence-corrected chi connectivity index (χ4v) is 4.32. The van der Waals surface area contributed by atoms with Crippen LogP contribution >= 0.6 is 0 Å². The van der Waals surface area contributed by atoms with Crippen molar-refractivity contribution < 1.29 is 13.2 Å². The van der Waals surface area contributed by atoms with E-state index in [0.717, 1.165) is 50.5 Å². The van der Waals surface area contributed by atoms with Crippen molar-refractivity contribution in [2.75, 3.05) is 5.75 Å². The first-order valence-corrected chi connectivity index (χ1v) is 10.7. The Morgan fingerprint density at radius 2 is 1.62 bits per heavy atom. The molecule has 1 aliphatic rings. The van der Waals surface area contributed by atoms with Crippen LogP contribution in [0.1, 0.15) is 80.8 Å². The quantitative estimate of drug-likeness (QED) is 0.648. The number of sulfone groups is 1. The number of carbonyl (C=O) groups excluding carboxylic acids is 1. The zero-order valence-corrected chi connectivity index (χ0v) is 16.0. The van der Waals surface area contributed by atoms with Crippen LogP contribution in [0.5, 0.6) is 0 Å². The van der Waals surface area contributed by atoms with Gasteiger partial charge in [0.1, 0.15) is 0 Å². The van der Waals surface area contributed by atoms with Crippen LogP contribution in [-0.4, -0.2) is 24.7 Å². The van der Waals surface area contributed by atoms with E-state index in [1.54, 1.807) is 20.8 Å². The van der Waals surface area contributed by atoms with Gasteiger partial charge in [0, 0.05) is 12.0 Å². The van der Waals surface area contributed by atoms with Gasteiger partial charge in [0.05, 0.1) is 10.5 Å². The molecular formula is C20H30O3S. The summed E-state index contributed by atoms with van der Waals surface area (Å²) in [6.45, 7) is 5.31. The Bertz CT molecular complexity index is 681. The minimum atomic E-state index is -2.97. The average Bonchev–Trinajstić information content (AvgIpc) is 2.86. The van der Waals surface area contributed by atoms with Crippen molar-refractivity contribution in [1.82, 2.24) is 0 Å². The largest absolute Gasteiger partial charge is 0.294 e. The van der Waals surface area contributed by atoms with Crippen LogP contribution in [0.25, 0.3) is 0 Å². The zero-order chi connectivity index (χ0) is 17.8. The second kappa shape index (κ2) is 7.81. The van der Waals surface area contributed by atoms with Gasteiger partial charge in [-0.15, -0.1) is 0 Å². The van der Waals surface area contributed by atoms with Gasteiger partial charge in [0.25, 0.3) is 0 Å². The summed E-state index contributed by atoms with van der Waals surface area (Å²) < 4.78 is 23.4. The smallest absolute Gasteiger partial charge is 0.163 e. The maximum absolute atomic E-state index is 12.0. The molecule has 0 fully saturated rings. The van der Waals surface area contributed by atoms with Crippen molar-refractivity contribution in [2.24, 2.45) is 0 Å². The Morgan fingerprint density at radius 1 is 0.958 bits per heavy atom. The van der Waals surface area contributed by atoms with Gasteiger partial charge in [0.2, 0.25) is 0 Å². The SMILES string of the molecule is CC(C)(C)S(=O)(=O)CCCCCCCc1ccc2c(c1)CCC2=O. The summed E-state index contributed by atoms with van der Waals surface area (Å²) in [6, 6.07) is 6.26. The molecule has 4 heteroatoms. The lowest BCUT2D eigenvalue weighted by molar-refractivity contribution is 0.0994. The number of aryl methyl sites for hydroxylation is 2. The predicted molar refractivity (Wildman–Crippen MR) is 99.4 cm³/mol. The number of Topliss-reactive ketones (excluding diaryl/α,β-unsaturated/α-hetero) is 1. The number of carbonyl (C=O) groups is 1. The third kappa shape index (κ3) is 4.92. The highest BCUT2D eigenvalue weighted by molar-refractivity contribution is 7.92. The molecule has 0 bridgehead atoms. The van der Waals surface area contributed by atoms with Crippen molar-refractivity contribution in [3.8, 4) is 0 Å². The minimum Gasteiger partial charge on any atom is -0.294 e. The Kier molecular flexibility index (Phi) is 6.24. The fourth-order valence-electron chi connectivity index (χ4n) is 3.12. The molecule has 0 unspecified atom stereocenters. The second-order valence-corrected chi connectivity index (χ2v) is 10.7. The molecule has 0 saturated carbocycles. The highest BCUT2D eigenvalue weighted by atomic mass is 32.2. The summed E-state index contributed by atoms with van der Waals surface area (Å²) in [5.41, 5.74) is 3.45. The lowest BCUT2D eigenvalue weighted by atomic mass is 10.0. The van der Waals surface area contributed by atoms with E-state index >= 15 is 0 Å². The molecule has 0 heterocycles. The van der Waals surface area contributed by atoms with Crippen LogP contribution in [0.3, 0.4) is 0 Å². The molecule has 0 amide bonds. The number of hydrogen-bond donors (Lipinski definition) is 0. The maximum Gasteiger partial charge on any atom is 0.163 e. The number of fused-ring (bicyclic) bond motifs is 1. The van der Waals surface area contributed by atoms with Crippen LogP contribution in [0.4, 0.5) is 0 Å². The monoisotopic (exact) mass is 350 g/mol. The van der Waals surface area contributed by atoms with Gasteiger partial charge >= 0.3 is 0 Å². The Labute approximate surface area is 146 Å². The minimum absolute atomic E-state index is 0.279. The van der Waals surface area contributed by atoms with Gasteiger partial charge in [-0.1, -0.05) is 37.5 Å². The third-order valence-corrected chi connectivity index (χ3v) is 7.60. The number of rotatable bonds is 8. The van der Waals surface area contributed by atoms with E-state index in [1.165, 1.54) is 11.1 Å². The van der Waals surface area contributed by atoms with E-state index < -0.39 is 14.6 Å². The number of unbranched alkanes of at least 4 members (excludes halogenated alkanes) is 4.